The van der Waals surface area contributed by atoms with Crippen LogP contribution in [-0.2, 0) is 9.53 Å². The molecule has 1 aliphatic rings. The Morgan fingerprint density at radius 3 is 2.73 bits per heavy atom. The van der Waals surface area contributed by atoms with Gasteiger partial charge in [-0.25, -0.2) is 0 Å². The second kappa shape index (κ2) is 5.85. The number of alkyl halides is 1. The molecule has 0 heterocycles. The summed E-state index contributed by atoms with van der Waals surface area (Å²) < 4.78 is 5.07. The Kier molecular flexibility index (Phi) is 5.06. The molecule has 1 atom stereocenters. The largest absolute Gasteiger partial charge is 0.385 e. The highest BCUT2D eigenvalue weighted by atomic mass is 79.9. The molecule has 1 aliphatic carbocycles. The minimum atomic E-state index is -0.0456. The van der Waals surface area contributed by atoms with Crippen LogP contribution in [0, 0.1) is 5.41 Å². The lowest BCUT2D eigenvalue weighted by Crippen LogP contribution is -2.35. The second-order valence-corrected chi connectivity index (χ2v) is 5.44. The van der Waals surface area contributed by atoms with E-state index in [0.29, 0.717) is 5.41 Å². The Morgan fingerprint density at radius 1 is 1.60 bits per heavy atom. The molecule has 0 aromatic carbocycles. The molecule has 1 unspecified atom stereocenters. The summed E-state index contributed by atoms with van der Waals surface area (Å²) in [5, 5.41) is 3.00. The lowest BCUT2D eigenvalue weighted by molar-refractivity contribution is -0.120. The molecular formula is C11H20BrNO2. The Labute approximate surface area is 100 Å². The van der Waals surface area contributed by atoms with Gasteiger partial charge in [-0.2, -0.15) is 0 Å². The number of nitrogens with one attached hydrogen (secondary N) is 1. The van der Waals surface area contributed by atoms with Crippen LogP contribution in [0.4, 0.5) is 0 Å². The van der Waals surface area contributed by atoms with Gasteiger partial charge in [0, 0.05) is 20.3 Å². The van der Waals surface area contributed by atoms with Gasteiger partial charge in [0.25, 0.3) is 0 Å². The quantitative estimate of drug-likeness (QED) is 0.724. The average Bonchev–Trinajstić information content (AvgIpc) is 3.03. The smallest absolute Gasteiger partial charge is 0.233 e. The minimum absolute atomic E-state index is 0.0456. The van der Waals surface area contributed by atoms with Gasteiger partial charge in [-0.1, -0.05) is 22.9 Å². The predicted molar refractivity (Wildman–Crippen MR) is 64.2 cm³/mol. The van der Waals surface area contributed by atoms with Crippen molar-refractivity contribution in [2.24, 2.45) is 5.41 Å². The summed E-state index contributed by atoms with van der Waals surface area (Å²) in [5.74, 6) is 0.112. The summed E-state index contributed by atoms with van der Waals surface area (Å²) in [6.45, 7) is 3.59. The highest BCUT2D eigenvalue weighted by Gasteiger charge is 2.42. The third kappa shape index (κ3) is 4.11. The predicted octanol–water partition coefficient (Wildman–Crippen LogP) is 2.09. The first-order chi connectivity index (χ1) is 7.13. The molecule has 0 aromatic heterocycles. The van der Waals surface area contributed by atoms with Gasteiger partial charge in [0.1, 0.15) is 0 Å². The number of carbonyl (C=O) groups is 1. The van der Waals surface area contributed by atoms with Crippen LogP contribution in [0.2, 0.25) is 0 Å². The highest BCUT2D eigenvalue weighted by Crippen LogP contribution is 2.48. The highest BCUT2D eigenvalue weighted by molar-refractivity contribution is 9.10. The number of methoxy groups -OCH3 is 1. The van der Waals surface area contributed by atoms with Crippen molar-refractivity contribution in [3.05, 3.63) is 0 Å². The number of carbonyl (C=O) groups excluding carboxylic acids is 1. The fraction of sp³-hybridized carbons (Fsp3) is 0.909. The Hall–Kier alpha value is -0.0900. The van der Waals surface area contributed by atoms with Gasteiger partial charge in [-0.3, -0.25) is 4.79 Å². The van der Waals surface area contributed by atoms with E-state index in [2.05, 4.69) is 21.2 Å². The fourth-order valence-electron chi connectivity index (χ4n) is 1.58. The van der Waals surface area contributed by atoms with Gasteiger partial charge in [-0.05, 0) is 31.1 Å². The maximum Gasteiger partial charge on any atom is 0.233 e. The monoisotopic (exact) mass is 277 g/mol. The molecule has 0 bridgehead atoms. The van der Waals surface area contributed by atoms with Crippen molar-refractivity contribution in [1.29, 1.82) is 0 Å². The van der Waals surface area contributed by atoms with Crippen LogP contribution in [-0.4, -0.2) is 31.0 Å². The zero-order valence-corrected chi connectivity index (χ0v) is 11.1. The van der Waals surface area contributed by atoms with Gasteiger partial charge in [-0.15, -0.1) is 0 Å². The van der Waals surface area contributed by atoms with Crippen molar-refractivity contribution in [1.82, 2.24) is 5.32 Å². The summed E-state index contributed by atoms with van der Waals surface area (Å²) >= 11 is 3.35. The number of rotatable bonds is 7. The molecule has 0 aliphatic heterocycles. The first-order valence-corrected chi connectivity index (χ1v) is 6.46. The molecule has 0 spiro atoms. The van der Waals surface area contributed by atoms with Gasteiger partial charge < -0.3 is 10.1 Å². The van der Waals surface area contributed by atoms with E-state index in [9.17, 15) is 4.79 Å². The Balaban J connectivity index is 2.21. The SMILES string of the molecule is CCC(Br)C(=O)NCC1(CCOC)CC1. The maximum absolute atomic E-state index is 11.5. The molecule has 0 saturated heterocycles. The molecular weight excluding hydrogens is 258 g/mol. The average molecular weight is 278 g/mol. The first-order valence-electron chi connectivity index (χ1n) is 5.54. The standard InChI is InChI=1S/C11H20BrNO2/c1-3-9(12)10(14)13-8-11(4-5-11)6-7-15-2/h9H,3-8H2,1-2H3,(H,13,14). The molecule has 3 nitrogen and oxygen atoms in total. The summed E-state index contributed by atoms with van der Waals surface area (Å²) in [7, 11) is 1.72. The van der Waals surface area contributed by atoms with E-state index in [1.807, 2.05) is 6.92 Å². The van der Waals surface area contributed by atoms with Crippen LogP contribution in [0.15, 0.2) is 0 Å². The molecule has 4 heteroatoms. The van der Waals surface area contributed by atoms with E-state index >= 15 is 0 Å². The Morgan fingerprint density at radius 2 is 2.27 bits per heavy atom. The van der Waals surface area contributed by atoms with E-state index in [1.165, 1.54) is 12.8 Å². The Bertz CT molecular complexity index is 217. The molecule has 1 amide bonds. The number of amides is 1. The zero-order valence-electron chi connectivity index (χ0n) is 9.51. The summed E-state index contributed by atoms with van der Waals surface area (Å²) in [5.41, 5.74) is 0.339. The summed E-state index contributed by atoms with van der Waals surface area (Å²) in [4.78, 5) is 11.5. The molecule has 1 fully saturated rings. The number of hydrogen-bond acceptors (Lipinski definition) is 2. The third-order valence-corrected chi connectivity index (χ3v) is 4.14. The molecule has 1 N–H and O–H groups in total. The molecule has 0 aromatic rings. The lowest BCUT2D eigenvalue weighted by Gasteiger charge is -2.16. The van der Waals surface area contributed by atoms with Crippen LogP contribution < -0.4 is 5.32 Å². The van der Waals surface area contributed by atoms with Gasteiger partial charge >= 0.3 is 0 Å². The first kappa shape index (κ1) is 13.0. The lowest BCUT2D eigenvalue weighted by atomic mass is 10.0. The second-order valence-electron chi connectivity index (χ2n) is 4.34. The van der Waals surface area contributed by atoms with E-state index in [-0.39, 0.29) is 10.7 Å². The molecule has 0 radical (unpaired) electrons. The van der Waals surface area contributed by atoms with Crippen molar-refractivity contribution < 1.29 is 9.53 Å². The number of halogens is 1. The van der Waals surface area contributed by atoms with Crippen LogP contribution in [0.3, 0.4) is 0 Å². The number of hydrogen-bond donors (Lipinski definition) is 1. The van der Waals surface area contributed by atoms with Gasteiger partial charge in [0.15, 0.2) is 0 Å². The van der Waals surface area contributed by atoms with Crippen LogP contribution in [0.5, 0.6) is 0 Å². The van der Waals surface area contributed by atoms with E-state index in [1.54, 1.807) is 7.11 Å². The number of ether oxygens (including phenoxy) is 1. The minimum Gasteiger partial charge on any atom is -0.385 e. The van der Waals surface area contributed by atoms with Crippen LogP contribution >= 0.6 is 15.9 Å². The zero-order chi connectivity index (χ0) is 11.3. The fourth-order valence-corrected chi connectivity index (χ4v) is 1.74. The van der Waals surface area contributed by atoms with Crippen molar-refractivity contribution in [2.45, 2.75) is 37.4 Å². The van der Waals surface area contributed by atoms with E-state index < -0.39 is 0 Å². The van der Waals surface area contributed by atoms with E-state index in [4.69, 9.17) is 4.74 Å². The van der Waals surface area contributed by atoms with Crippen molar-refractivity contribution in [3.8, 4) is 0 Å². The summed E-state index contributed by atoms with van der Waals surface area (Å²) in [6, 6.07) is 0. The topological polar surface area (TPSA) is 38.3 Å². The molecule has 88 valence electrons. The van der Waals surface area contributed by atoms with Crippen molar-refractivity contribution in [3.63, 3.8) is 0 Å². The molecule has 1 rings (SSSR count). The van der Waals surface area contributed by atoms with Gasteiger partial charge in [0.05, 0.1) is 4.83 Å². The van der Waals surface area contributed by atoms with Crippen LogP contribution in [0.1, 0.15) is 32.6 Å². The summed E-state index contributed by atoms with van der Waals surface area (Å²) in [6.07, 6.45) is 4.32. The van der Waals surface area contributed by atoms with E-state index in [0.717, 1.165) is 26.0 Å². The third-order valence-electron chi connectivity index (χ3n) is 3.07. The van der Waals surface area contributed by atoms with Gasteiger partial charge in [0.2, 0.25) is 5.91 Å². The normalized spacial score (nSPS) is 19.7. The van der Waals surface area contributed by atoms with Crippen LogP contribution in [0.25, 0.3) is 0 Å². The molecule has 15 heavy (non-hydrogen) atoms. The van der Waals surface area contributed by atoms with Crippen molar-refractivity contribution >= 4 is 21.8 Å². The molecule has 1 saturated carbocycles. The maximum atomic E-state index is 11.5. The van der Waals surface area contributed by atoms with Crippen molar-refractivity contribution in [2.75, 3.05) is 20.3 Å².